The van der Waals surface area contributed by atoms with E-state index >= 15 is 0 Å². The summed E-state index contributed by atoms with van der Waals surface area (Å²) < 4.78 is 0. The number of anilines is 1. The number of amides is 1. The van der Waals surface area contributed by atoms with Crippen molar-refractivity contribution in [3.63, 3.8) is 0 Å². The van der Waals surface area contributed by atoms with Crippen LogP contribution in [0, 0.1) is 0 Å². The molecule has 0 spiro atoms. The lowest BCUT2D eigenvalue weighted by Gasteiger charge is -2.31. The molecule has 0 radical (unpaired) electrons. The highest BCUT2D eigenvalue weighted by molar-refractivity contribution is 7.10. The maximum Gasteiger partial charge on any atom is 0.228 e. The van der Waals surface area contributed by atoms with Crippen molar-refractivity contribution in [2.75, 3.05) is 25.0 Å². The predicted molar refractivity (Wildman–Crippen MR) is 114 cm³/mol. The standard InChI is InChI=1S/C22H24N4OS/c1-3-25(2)22-18-15-26(20(27)14-17-10-7-13-28-17)12-11-19(18)23-21(24-22)16-8-5-4-6-9-16/h4-10,13H,3,11-12,14-15H2,1-2H3. The molecule has 28 heavy (non-hydrogen) atoms. The molecule has 1 amide bonds. The van der Waals surface area contributed by atoms with E-state index in [4.69, 9.17) is 9.97 Å². The van der Waals surface area contributed by atoms with E-state index in [0.29, 0.717) is 19.5 Å². The van der Waals surface area contributed by atoms with Crippen molar-refractivity contribution in [1.82, 2.24) is 14.9 Å². The first kappa shape index (κ1) is 18.6. The summed E-state index contributed by atoms with van der Waals surface area (Å²) in [7, 11) is 2.05. The van der Waals surface area contributed by atoms with Gasteiger partial charge in [-0.15, -0.1) is 11.3 Å². The summed E-state index contributed by atoms with van der Waals surface area (Å²) in [6, 6.07) is 14.1. The quantitative estimate of drug-likeness (QED) is 0.663. The molecule has 144 valence electrons. The number of benzene rings is 1. The van der Waals surface area contributed by atoms with Gasteiger partial charge >= 0.3 is 0 Å². The van der Waals surface area contributed by atoms with Gasteiger partial charge in [0.15, 0.2) is 5.82 Å². The van der Waals surface area contributed by atoms with E-state index in [1.807, 2.05) is 59.8 Å². The highest BCUT2D eigenvalue weighted by Gasteiger charge is 2.27. The monoisotopic (exact) mass is 392 g/mol. The molecule has 0 atom stereocenters. The lowest BCUT2D eigenvalue weighted by molar-refractivity contribution is -0.131. The van der Waals surface area contributed by atoms with Crippen LogP contribution < -0.4 is 4.90 Å². The van der Waals surface area contributed by atoms with E-state index in [0.717, 1.165) is 46.3 Å². The fraction of sp³-hybridized carbons (Fsp3) is 0.318. The number of nitrogens with zero attached hydrogens (tertiary/aromatic N) is 4. The number of aromatic nitrogens is 2. The smallest absolute Gasteiger partial charge is 0.228 e. The van der Waals surface area contributed by atoms with E-state index in [1.165, 1.54) is 0 Å². The molecule has 4 rings (SSSR count). The minimum Gasteiger partial charge on any atom is -0.360 e. The second-order valence-corrected chi connectivity index (χ2v) is 8.03. The van der Waals surface area contributed by atoms with Crippen molar-refractivity contribution in [3.05, 3.63) is 64.0 Å². The Balaban J connectivity index is 1.65. The first-order valence-corrected chi connectivity index (χ1v) is 10.5. The Kier molecular flexibility index (Phi) is 5.39. The van der Waals surface area contributed by atoms with Crippen LogP contribution in [-0.4, -0.2) is 40.9 Å². The second-order valence-electron chi connectivity index (χ2n) is 7.00. The molecule has 2 aromatic heterocycles. The Morgan fingerprint density at radius 2 is 2.00 bits per heavy atom. The van der Waals surface area contributed by atoms with Crippen LogP contribution in [0.4, 0.5) is 5.82 Å². The van der Waals surface area contributed by atoms with Crippen LogP contribution in [0.25, 0.3) is 11.4 Å². The van der Waals surface area contributed by atoms with Crippen LogP contribution in [0.2, 0.25) is 0 Å². The summed E-state index contributed by atoms with van der Waals surface area (Å²) in [6.07, 6.45) is 1.23. The van der Waals surface area contributed by atoms with Crippen molar-refractivity contribution < 1.29 is 4.79 Å². The number of hydrogen-bond acceptors (Lipinski definition) is 5. The van der Waals surface area contributed by atoms with Crippen LogP contribution >= 0.6 is 11.3 Å². The van der Waals surface area contributed by atoms with Crippen molar-refractivity contribution >= 4 is 23.1 Å². The SMILES string of the molecule is CCN(C)c1nc(-c2ccccc2)nc2c1CN(C(=O)Cc1cccs1)CC2. The molecular formula is C22H24N4OS. The van der Waals surface area contributed by atoms with Gasteiger partial charge in [-0.2, -0.15) is 0 Å². The zero-order chi connectivity index (χ0) is 19.5. The molecule has 0 unspecified atom stereocenters. The minimum atomic E-state index is 0.172. The summed E-state index contributed by atoms with van der Waals surface area (Å²) in [5.41, 5.74) is 3.16. The molecule has 0 bridgehead atoms. The normalized spacial score (nSPS) is 13.3. The second kappa shape index (κ2) is 8.10. The van der Waals surface area contributed by atoms with E-state index in [9.17, 15) is 4.79 Å². The van der Waals surface area contributed by atoms with E-state index in [1.54, 1.807) is 11.3 Å². The van der Waals surface area contributed by atoms with Crippen LogP contribution in [0.15, 0.2) is 47.8 Å². The molecule has 0 fully saturated rings. The molecule has 1 aliphatic heterocycles. The van der Waals surface area contributed by atoms with Gasteiger partial charge in [-0.1, -0.05) is 36.4 Å². The molecule has 0 aliphatic carbocycles. The summed E-state index contributed by atoms with van der Waals surface area (Å²) >= 11 is 1.63. The molecule has 3 aromatic rings. The van der Waals surface area contributed by atoms with Crippen molar-refractivity contribution in [1.29, 1.82) is 0 Å². The predicted octanol–water partition coefficient (Wildman–Crippen LogP) is 3.79. The molecule has 0 saturated heterocycles. The molecule has 0 N–H and O–H groups in total. The van der Waals surface area contributed by atoms with Gasteiger partial charge in [0, 0.05) is 42.6 Å². The van der Waals surface area contributed by atoms with Gasteiger partial charge in [0.1, 0.15) is 5.82 Å². The Morgan fingerprint density at radius 1 is 1.18 bits per heavy atom. The molecule has 3 heterocycles. The van der Waals surface area contributed by atoms with Gasteiger partial charge in [-0.25, -0.2) is 9.97 Å². The van der Waals surface area contributed by atoms with Crippen molar-refractivity contribution in [2.24, 2.45) is 0 Å². The third-order valence-corrected chi connectivity index (χ3v) is 6.04. The zero-order valence-electron chi connectivity index (χ0n) is 16.3. The van der Waals surface area contributed by atoms with Gasteiger partial charge in [0.2, 0.25) is 5.91 Å². The van der Waals surface area contributed by atoms with Crippen LogP contribution in [-0.2, 0) is 24.2 Å². The molecule has 1 aliphatic rings. The minimum absolute atomic E-state index is 0.172. The Morgan fingerprint density at radius 3 is 2.71 bits per heavy atom. The Bertz CT molecular complexity index is 956. The highest BCUT2D eigenvalue weighted by Crippen LogP contribution is 2.29. The van der Waals surface area contributed by atoms with E-state index in [-0.39, 0.29) is 5.91 Å². The fourth-order valence-corrected chi connectivity index (χ4v) is 4.16. The Hall–Kier alpha value is -2.73. The largest absolute Gasteiger partial charge is 0.360 e. The lowest BCUT2D eigenvalue weighted by atomic mass is 10.0. The van der Waals surface area contributed by atoms with E-state index < -0.39 is 0 Å². The van der Waals surface area contributed by atoms with Gasteiger partial charge < -0.3 is 9.80 Å². The van der Waals surface area contributed by atoms with Crippen LogP contribution in [0.3, 0.4) is 0 Å². The number of hydrogen-bond donors (Lipinski definition) is 0. The first-order valence-electron chi connectivity index (χ1n) is 9.62. The van der Waals surface area contributed by atoms with Crippen molar-refractivity contribution in [3.8, 4) is 11.4 Å². The maximum absolute atomic E-state index is 12.8. The fourth-order valence-electron chi connectivity index (χ4n) is 3.47. The number of carbonyl (C=O) groups excluding carboxylic acids is 1. The topological polar surface area (TPSA) is 49.3 Å². The molecule has 6 heteroatoms. The van der Waals surface area contributed by atoms with E-state index in [2.05, 4.69) is 11.8 Å². The molecule has 1 aromatic carbocycles. The third-order valence-electron chi connectivity index (χ3n) is 5.16. The molecule has 0 saturated carbocycles. The summed E-state index contributed by atoms with van der Waals surface area (Å²) in [5, 5.41) is 2.02. The van der Waals surface area contributed by atoms with Gasteiger partial charge in [0.25, 0.3) is 0 Å². The zero-order valence-corrected chi connectivity index (χ0v) is 17.1. The molecule has 5 nitrogen and oxygen atoms in total. The Labute approximate surface area is 169 Å². The average Bonchev–Trinajstić information content (AvgIpc) is 3.25. The highest BCUT2D eigenvalue weighted by atomic mass is 32.1. The van der Waals surface area contributed by atoms with Gasteiger partial charge in [0.05, 0.1) is 18.7 Å². The first-order chi connectivity index (χ1) is 13.7. The molecular weight excluding hydrogens is 368 g/mol. The number of thiophene rings is 1. The summed E-state index contributed by atoms with van der Waals surface area (Å²) in [4.78, 5) is 27.7. The van der Waals surface area contributed by atoms with Crippen molar-refractivity contribution in [2.45, 2.75) is 26.3 Å². The summed E-state index contributed by atoms with van der Waals surface area (Å²) in [5.74, 6) is 1.86. The van der Waals surface area contributed by atoms with Crippen LogP contribution in [0.5, 0.6) is 0 Å². The third kappa shape index (κ3) is 3.78. The number of rotatable bonds is 5. The summed E-state index contributed by atoms with van der Waals surface area (Å²) in [6.45, 7) is 4.24. The maximum atomic E-state index is 12.8. The number of carbonyl (C=O) groups is 1. The van der Waals surface area contributed by atoms with Gasteiger partial charge in [-0.05, 0) is 18.4 Å². The van der Waals surface area contributed by atoms with Gasteiger partial charge in [-0.3, -0.25) is 4.79 Å². The number of fused-ring (bicyclic) bond motifs is 1. The lowest BCUT2D eigenvalue weighted by Crippen LogP contribution is -2.38. The van der Waals surface area contributed by atoms with Crippen LogP contribution in [0.1, 0.15) is 23.1 Å². The average molecular weight is 393 g/mol.